The summed E-state index contributed by atoms with van der Waals surface area (Å²) in [5.74, 6) is 2.68. The minimum Gasteiger partial charge on any atom is -0.438 e. The lowest BCUT2D eigenvalue weighted by Crippen LogP contribution is -2.02. The Kier molecular flexibility index (Phi) is 5.20. The van der Waals surface area contributed by atoms with Crippen LogP contribution in [0.4, 0.5) is 5.82 Å². The first-order valence-electron chi connectivity index (χ1n) is 6.31. The molecule has 0 aliphatic carbocycles. The largest absolute Gasteiger partial charge is 0.438 e. The van der Waals surface area contributed by atoms with E-state index < -0.39 is 0 Å². The predicted octanol–water partition coefficient (Wildman–Crippen LogP) is 4.68. The molecule has 2 rings (SSSR count). The van der Waals surface area contributed by atoms with E-state index in [1.165, 1.54) is 0 Å². The van der Waals surface area contributed by atoms with Crippen LogP contribution < -0.4 is 10.1 Å². The second-order valence-corrected chi connectivity index (χ2v) is 5.48. The van der Waals surface area contributed by atoms with Gasteiger partial charge in [0.2, 0.25) is 5.88 Å². The summed E-state index contributed by atoms with van der Waals surface area (Å²) in [5, 5.41) is 3.66. The van der Waals surface area contributed by atoms with Gasteiger partial charge in [-0.15, -0.1) is 0 Å². The molecule has 1 aromatic heterocycles. The number of rotatable bonds is 5. The summed E-state index contributed by atoms with van der Waals surface area (Å²) in [6, 6.07) is 7.12. The first kappa shape index (κ1) is 15.1. The van der Waals surface area contributed by atoms with E-state index in [1.807, 2.05) is 7.05 Å². The first-order valence-corrected chi connectivity index (χ1v) is 7.48. The molecule has 0 bridgehead atoms. The smallest absolute Gasteiger partial charge is 0.224 e. The highest BCUT2D eigenvalue weighted by Crippen LogP contribution is 2.31. The van der Waals surface area contributed by atoms with E-state index >= 15 is 0 Å². The number of hydrogen-bond acceptors (Lipinski definition) is 4. The molecule has 0 aliphatic rings. The second-order valence-electron chi connectivity index (χ2n) is 4.18. The van der Waals surface area contributed by atoms with Crippen LogP contribution in [-0.4, -0.2) is 17.0 Å². The van der Waals surface area contributed by atoms with Crippen LogP contribution in [0.25, 0.3) is 0 Å². The summed E-state index contributed by atoms with van der Waals surface area (Å²) in [4.78, 5) is 8.79. The first-order chi connectivity index (χ1) is 9.62. The molecule has 0 aliphatic heterocycles. The van der Waals surface area contributed by atoms with E-state index in [4.69, 9.17) is 16.3 Å². The number of benzene rings is 1. The molecule has 0 atom stereocenters. The van der Waals surface area contributed by atoms with Crippen molar-refractivity contribution in [3.05, 3.63) is 39.6 Å². The monoisotopic (exact) mass is 355 g/mol. The zero-order valence-electron chi connectivity index (χ0n) is 11.3. The minimum atomic E-state index is 0.510. The number of ether oxygens (including phenoxy) is 1. The van der Waals surface area contributed by atoms with Crippen molar-refractivity contribution in [1.29, 1.82) is 0 Å². The zero-order valence-corrected chi connectivity index (χ0v) is 13.6. The molecule has 0 saturated carbocycles. The van der Waals surface area contributed by atoms with Gasteiger partial charge in [0, 0.05) is 24.6 Å². The molecule has 0 amide bonds. The Hall–Kier alpha value is -1.33. The standard InChI is InChI=1S/C14H15BrClN3O/c1-3-4-12-18-13(17-2)8-14(19-12)20-11-6-5-9(16)7-10(11)15/h5-8H,3-4H2,1-2H3,(H,17,18,19). The molecule has 1 aromatic carbocycles. The number of aromatic nitrogens is 2. The average molecular weight is 357 g/mol. The van der Waals surface area contributed by atoms with E-state index in [0.717, 1.165) is 29.0 Å². The van der Waals surface area contributed by atoms with Crippen molar-refractivity contribution in [1.82, 2.24) is 9.97 Å². The molecule has 0 unspecified atom stereocenters. The van der Waals surface area contributed by atoms with Gasteiger partial charge in [0.05, 0.1) is 4.47 Å². The molecule has 20 heavy (non-hydrogen) atoms. The zero-order chi connectivity index (χ0) is 14.5. The van der Waals surface area contributed by atoms with E-state index in [0.29, 0.717) is 16.7 Å². The van der Waals surface area contributed by atoms with Crippen molar-refractivity contribution in [2.24, 2.45) is 0 Å². The van der Waals surface area contributed by atoms with Gasteiger partial charge in [0.25, 0.3) is 0 Å². The fraction of sp³-hybridized carbons (Fsp3) is 0.286. The molecule has 106 valence electrons. The molecule has 4 nitrogen and oxygen atoms in total. The number of hydrogen-bond donors (Lipinski definition) is 1. The predicted molar refractivity (Wildman–Crippen MR) is 84.8 cm³/mol. The number of nitrogens with zero attached hydrogens (tertiary/aromatic N) is 2. The third-order valence-corrected chi connectivity index (χ3v) is 3.44. The van der Waals surface area contributed by atoms with Crippen molar-refractivity contribution >= 4 is 33.3 Å². The summed E-state index contributed by atoms with van der Waals surface area (Å²) in [5.41, 5.74) is 0. The summed E-state index contributed by atoms with van der Waals surface area (Å²) >= 11 is 9.33. The maximum absolute atomic E-state index is 5.91. The lowest BCUT2D eigenvalue weighted by atomic mass is 10.3. The molecule has 0 fully saturated rings. The fourth-order valence-corrected chi connectivity index (χ4v) is 2.42. The Morgan fingerprint density at radius 2 is 2.10 bits per heavy atom. The SMILES string of the molecule is CCCc1nc(NC)cc(Oc2ccc(Cl)cc2Br)n1. The lowest BCUT2D eigenvalue weighted by molar-refractivity contribution is 0.456. The van der Waals surface area contributed by atoms with E-state index in [2.05, 4.69) is 38.1 Å². The van der Waals surface area contributed by atoms with E-state index in [-0.39, 0.29) is 0 Å². The number of anilines is 1. The van der Waals surface area contributed by atoms with Gasteiger partial charge in [0.1, 0.15) is 17.4 Å². The molecule has 6 heteroatoms. The fourth-order valence-electron chi connectivity index (χ4n) is 1.66. The summed E-state index contributed by atoms with van der Waals surface area (Å²) in [6.07, 6.45) is 1.80. The highest BCUT2D eigenvalue weighted by Gasteiger charge is 2.08. The highest BCUT2D eigenvalue weighted by atomic mass is 79.9. The van der Waals surface area contributed by atoms with Crippen molar-refractivity contribution in [2.45, 2.75) is 19.8 Å². The van der Waals surface area contributed by atoms with Crippen LogP contribution in [0, 0.1) is 0 Å². The van der Waals surface area contributed by atoms with Crippen molar-refractivity contribution in [3.63, 3.8) is 0 Å². The summed E-state index contributed by atoms with van der Waals surface area (Å²) in [6.45, 7) is 2.09. The lowest BCUT2D eigenvalue weighted by Gasteiger charge is -2.10. The Morgan fingerprint density at radius 1 is 1.30 bits per heavy atom. The topological polar surface area (TPSA) is 47.0 Å². The van der Waals surface area contributed by atoms with Crippen molar-refractivity contribution in [3.8, 4) is 11.6 Å². The maximum Gasteiger partial charge on any atom is 0.224 e. The number of aryl methyl sites for hydroxylation is 1. The van der Waals surface area contributed by atoms with Crippen LogP contribution in [0.15, 0.2) is 28.7 Å². The Morgan fingerprint density at radius 3 is 2.75 bits per heavy atom. The molecule has 0 saturated heterocycles. The van der Waals surface area contributed by atoms with Gasteiger partial charge in [-0.25, -0.2) is 4.98 Å². The van der Waals surface area contributed by atoms with Crippen LogP contribution in [0.3, 0.4) is 0 Å². The minimum absolute atomic E-state index is 0.510. The Balaban J connectivity index is 2.29. The molecular weight excluding hydrogens is 342 g/mol. The summed E-state index contributed by atoms with van der Waals surface area (Å²) < 4.78 is 6.58. The Bertz CT molecular complexity index is 607. The van der Waals surface area contributed by atoms with Gasteiger partial charge >= 0.3 is 0 Å². The number of halogens is 2. The molecular formula is C14H15BrClN3O. The molecule has 0 radical (unpaired) electrons. The third-order valence-electron chi connectivity index (χ3n) is 2.59. The van der Waals surface area contributed by atoms with Gasteiger partial charge < -0.3 is 10.1 Å². The van der Waals surface area contributed by atoms with Crippen LogP contribution in [-0.2, 0) is 6.42 Å². The Labute approximate surface area is 131 Å². The maximum atomic E-state index is 5.91. The van der Waals surface area contributed by atoms with Gasteiger partial charge in [-0.2, -0.15) is 4.98 Å². The van der Waals surface area contributed by atoms with Crippen LogP contribution in [0.2, 0.25) is 5.02 Å². The molecule has 0 spiro atoms. The van der Waals surface area contributed by atoms with Crippen molar-refractivity contribution in [2.75, 3.05) is 12.4 Å². The second kappa shape index (κ2) is 6.90. The highest BCUT2D eigenvalue weighted by molar-refractivity contribution is 9.10. The van der Waals surface area contributed by atoms with Crippen LogP contribution in [0.5, 0.6) is 11.6 Å². The average Bonchev–Trinajstić information content (AvgIpc) is 2.42. The van der Waals surface area contributed by atoms with Gasteiger partial charge in [-0.3, -0.25) is 0 Å². The van der Waals surface area contributed by atoms with Crippen LogP contribution in [0.1, 0.15) is 19.2 Å². The quantitative estimate of drug-likeness (QED) is 0.845. The van der Waals surface area contributed by atoms with Crippen LogP contribution >= 0.6 is 27.5 Å². The van der Waals surface area contributed by atoms with Gasteiger partial charge in [-0.05, 0) is 40.5 Å². The van der Waals surface area contributed by atoms with Gasteiger partial charge in [-0.1, -0.05) is 18.5 Å². The van der Waals surface area contributed by atoms with Gasteiger partial charge in [0.15, 0.2) is 0 Å². The molecule has 2 aromatic rings. The number of nitrogens with one attached hydrogen (secondary N) is 1. The van der Waals surface area contributed by atoms with Crippen molar-refractivity contribution < 1.29 is 4.74 Å². The normalized spacial score (nSPS) is 10.4. The molecule has 1 heterocycles. The third kappa shape index (κ3) is 3.84. The molecule has 1 N–H and O–H groups in total. The van der Waals surface area contributed by atoms with E-state index in [1.54, 1.807) is 24.3 Å². The van der Waals surface area contributed by atoms with E-state index in [9.17, 15) is 0 Å². The summed E-state index contributed by atoms with van der Waals surface area (Å²) in [7, 11) is 1.82.